The molecule has 45 heavy (non-hydrogen) atoms. The van der Waals surface area contributed by atoms with Gasteiger partial charge in [0.15, 0.2) is 0 Å². The molecular weight excluding hydrogens is 572 g/mol. The zero-order valence-corrected chi connectivity index (χ0v) is 27.0. The highest BCUT2D eigenvalue weighted by Gasteiger charge is 2.41. The zero-order valence-electron chi connectivity index (χ0n) is 27.0. The standard InChI is InChI=1S/C34H46N6O5/c1-6-39-18-15-34(16-19-39)14-13-24-9-10-25-11-12-26(36-28(25)20-24)23(5)45-32(43)27-8-7-17-40(38-27)31(42)22(4)35-30(41)29(21(2)3)37-33(34)44/h9-14,20-23,27,29,38H,6-8,15-19H2,1-5H3,(H,35,41)(H,37,44)/b14-13+/t22-,23+,27?,29-/m0/s1. The van der Waals surface area contributed by atoms with Crippen LogP contribution in [0.5, 0.6) is 0 Å². The first-order valence-corrected chi connectivity index (χ1v) is 16.2. The Kier molecular flexibility index (Phi) is 9.88. The third kappa shape index (κ3) is 7.20. The highest BCUT2D eigenvalue weighted by Crippen LogP contribution is 2.35. The van der Waals surface area contributed by atoms with Crippen molar-refractivity contribution in [2.75, 3.05) is 26.2 Å². The molecule has 5 rings (SSSR count). The Bertz CT molecular complexity index is 1470. The van der Waals surface area contributed by atoms with E-state index in [1.807, 2.05) is 56.3 Å². The van der Waals surface area contributed by atoms with Gasteiger partial charge in [-0.05, 0) is 82.8 Å². The van der Waals surface area contributed by atoms with Gasteiger partial charge in [0, 0.05) is 11.9 Å². The molecule has 2 aromatic rings. The van der Waals surface area contributed by atoms with Crippen LogP contribution in [-0.2, 0) is 23.9 Å². The summed E-state index contributed by atoms with van der Waals surface area (Å²) in [5.41, 5.74) is 4.46. The van der Waals surface area contributed by atoms with Gasteiger partial charge in [-0.2, -0.15) is 0 Å². The lowest BCUT2D eigenvalue weighted by Gasteiger charge is -2.39. The number of carbonyl (C=O) groups is 4. The molecule has 242 valence electrons. The molecule has 1 aromatic carbocycles. The van der Waals surface area contributed by atoms with Crippen molar-refractivity contribution in [3.05, 3.63) is 47.7 Å². The molecule has 1 spiro atoms. The Morgan fingerprint density at radius 2 is 1.76 bits per heavy atom. The predicted molar refractivity (Wildman–Crippen MR) is 171 cm³/mol. The Labute approximate surface area is 265 Å². The molecule has 5 bridgehead atoms. The molecule has 4 atom stereocenters. The quantitative estimate of drug-likeness (QED) is 0.438. The lowest BCUT2D eigenvalue weighted by molar-refractivity contribution is -0.157. The Morgan fingerprint density at radius 1 is 1.02 bits per heavy atom. The molecule has 4 heterocycles. The molecule has 0 aliphatic carbocycles. The van der Waals surface area contributed by atoms with Gasteiger partial charge in [-0.1, -0.05) is 51.1 Å². The van der Waals surface area contributed by atoms with Gasteiger partial charge in [-0.3, -0.25) is 24.2 Å². The summed E-state index contributed by atoms with van der Waals surface area (Å²) in [6.45, 7) is 12.1. The van der Waals surface area contributed by atoms with Crippen molar-refractivity contribution >= 4 is 40.7 Å². The molecule has 2 fully saturated rings. The van der Waals surface area contributed by atoms with Gasteiger partial charge < -0.3 is 20.3 Å². The van der Waals surface area contributed by atoms with E-state index in [2.05, 4.69) is 27.9 Å². The first-order valence-electron chi connectivity index (χ1n) is 16.2. The predicted octanol–water partition coefficient (Wildman–Crippen LogP) is 3.11. The van der Waals surface area contributed by atoms with Crippen LogP contribution in [0.3, 0.4) is 0 Å². The monoisotopic (exact) mass is 618 g/mol. The maximum atomic E-state index is 14.1. The number of hydrogen-bond donors (Lipinski definition) is 3. The minimum absolute atomic E-state index is 0.195. The molecule has 1 aromatic heterocycles. The van der Waals surface area contributed by atoms with E-state index in [1.54, 1.807) is 13.8 Å². The van der Waals surface area contributed by atoms with E-state index in [0.717, 1.165) is 36.1 Å². The third-order valence-corrected chi connectivity index (χ3v) is 9.39. The zero-order chi connectivity index (χ0) is 32.3. The summed E-state index contributed by atoms with van der Waals surface area (Å²) < 4.78 is 5.81. The number of amides is 3. The number of nitrogens with one attached hydrogen (secondary N) is 3. The number of fused-ring (bicyclic) bond motifs is 4. The lowest BCUT2D eigenvalue weighted by Crippen LogP contribution is -2.61. The van der Waals surface area contributed by atoms with E-state index in [9.17, 15) is 19.2 Å². The number of rotatable bonds is 2. The summed E-state index contributed by atoms with van der Waals surface area (Å²) in [5, 5.41) is 8.20. The molecule has 0 saturated carbocycles. The number of aromatic nitrogens is 1. The second-order valence-electron chi connectivity index (χ2n) is 12.9. The van der Waals surface area contributed by atoms with Crippen LogP contribution < -0.4 is 16.1 Å². The fraction of sp³-hybridized carbons (Fsp3) is 0.559. The van der Waals surface area contributed by atoms with E-state index in [4.69, 9.17) is 9.72 Å². The fourth-order valence-corrected chi connectivity index (χ4v) is 6.32. The van der Waals surface area contributed by atoms with Gasteiger partial charge in [0.25, 0.3) is 5.91 Å². The number of likely N-dealkylation sites (tertiary alicyclic amines) is 1. The van der Waals surface area contributed by atoms with Gasteiger partial charge in [0.1, 0.15) is 24.2 Å². The van der Waals surface area contributed by atoms with Crippen LogP contribution in [0.25, 0.3) is 17.0 Å². The molecule has 11 heteroatoms. The summed E-state index contributed by atoms with van der Waals surface area (Å²) in [4.78, 5) is 61.4. The van der Waals surface area contributed by atoms with Crippen LogP contribution in [0.4, 0.5) is 0 Å². The molecule has 3 N–H and O–H groups in total. The molecule has 3 aliphatic heterocycles. The first kappa shape index (κ1) is 32.6. The summed E-state index contributed by atoms with van der Waals surface area (Å²) in [6.07, 6.45) is 5.68. The smallest absolute Gasteiger partial charge is 0.325 e. The highest BCUT2D eigenvalue weighted by molar-refractivity contribution is 5.94. The van der Waals surface area contributed by atoms with Gasteiger partial charge in [-0.15, -0.1) is 0 Å². The van der Waals surface area contributed by atoms with Gasteiger partial charge >= 0.3 is 5.97 Å². The first-order chi connectivity index (χ1) is 21.5. The maximum absolute atomic E-state index is 14.1. The Morgan fingerprint density at radius 3 is 2.47 bits per heavy atom. The van der Waals surface area contributed by atoms with E-state index >= 15 is 0 Å². The van der Waals surface area contributed by atoms with Crippen LogP contribution in [0.2, 0.25) is 0 Å². The second kappa shape index (κ2) is 13.7. The van der Waals surface area contributed by atoms with Gasteiger partial charge in [0.2, 0.25) is 11.8 Å². The number of benzene rings is 1. The van der Waals surface area contributed by atoms with E-state index < -0.39 is 41.5 Å². The van der Waals surface area contributed by atoms with Crippen molar-refractivity contribution in [1.82, 2.24) is 31.0 Å². The minimum Gasteiger partial charge on any atom is -0.455 e. The third-order valence-electron chi connectivity index (χ3n) is 9.39. The minimum atomic E-state index is -0.880. The average Bonchev–Trinajstić information content (AvgIpc) is 3.04. The van der Waals surface area contributed by atoms with Crippen LogP contribution in [0, 0.1) is 11.3 Å². The normalized spacial score (nSPS) is 27.7. The largest absolute Gasteiger partial charge is 0.455 e. The van der Waals surface area contributed by atoms with Gasteiger partial charge in [0.05, 0.1) is 16.6 Å². The van der Waals surface area contributed by atoms with Crippen molar-refractivity contribution < 1.29 is 23.9 Å². The number of pyridine rings is 1. The number of hydrazine groups is 1. The van der Waals surface area contributed by atoms with Crippen molar-refractivity contribution in [1.29, 1.82) is 0 Å². The van der Waals surface area contributed by atoms with E-state index in [0.29, 0.717) is 37.9 Å². The summed E-state index contributed by atoms with van der Waals surface area (Å²) in [5.74, 6) is -1.67. The number of carbonyl (C=O) groups excluding carboxylic acids is 4. The fourth-order valence-electron chi connectivity index (χ4n) is 6.32. The second-order valence-corrected chi connectivity index (χ2v) is 12.9. The number of esters is 1. The summed E-state index contributed by atoms with van der Waals surface area (Å²) in [6, 6.07) is 7.34. The maximum Gasteiger partial charge on any atom is 0.325 e. The van der Waals surface area contributed by atoms with Gasteiger partial charge in [-0.25, -0.2) is 10.4 Å². The van der Waals surface area contributed by atoms with Crippen LogP contribution in [-0.4, -0.2) is 82.9 Å². The molecule has 11 nitrogen and oxygen atoms in total. The van der Waals surface area contributed by atoms with Crippen molar-refractivity contribution in [3.63, 3.8) is 0 Å². The lowest BCUT2D eigenvalue weighted by atomic mass is 9.76. The number of nitrogens with zero attached hydrogens (tertiary/aromatic N) is 3. The Hall–Kier alpha value is -3.83. The topological polar surface area (TPSA) is 133 Å². The number of cyclic esters (lactones) is 1. The molecule has 3 aliphatic rings. The van der Waals surface area contributed by atoms with Crippen LogP contribution >= 0.6 is 0 Å². The molecule has 1 unspecified atom stereocenters. The Balaban J connectivity index is 1.53. The van der Waals surface area contributed by atoms with Crippen molar-refractivity contribution in [3.8, 4) is 0 Å². The molecule has 0 radical (unpaired) electrons. The number of hydrogen-bond acceptors (Lipinski definition) is 8. The summed E-state index contributed by atoms with van der Waals surface area (Å²) >= 11 is 0. The van der Waals surface area contributed by atoms with Crippen molar-refractivity contribution in [2.24, 2.45) is 11.3 Å². The SMILES string of the molecule is CCN1CCC2(/C=C/c3ccc4ccc(nc4c3)[C@@H](C)OC(=O)C3CCCN(N3)C(=O)[C@H](C)NC(=O)[C@H](C(C)C)NC2=O)CC1. The average molecular weight is 619 g/mol. The number of ether oxygens (including phenoxy) is 1. The highest BCUT2D eigenvalue weighted by atomic mass is 16.5. The van der Waals surface area contributed by atoms with E-state index in [1.165, 1.54) is 5.01 Å². The van der Waals surface area contributed by atoms with Crippen molar-refractivity contribution in [2.45, 2.75) is 84.5 Å². The molecule has 3 amide bonds. The van der Waals surface area contributed by atoms with E-state index in [-0.39, 0.29) is 17.7 Å². The molecular formula is C34H46N6O5. The van der Waals surface area contributed by atoms with Crippen LogP contribution in [0.15, 0.2) is 36.4 Å². The summed E-state index contributed by atoms with van der Waals surface area (Å²) in [7, 11) is 0. The molecule has 2 saturated heterocycles. The number of piperidine rings is 1. The van der Waals surface area contributed by atoms with Crippen LogP contribution in [0.1, 0.15) is 77.7 Å².